The maximum Gasteiger partial charge on any atom is 0.260 e. The van der Waals surface area contributed by atoms with Crippen LogP contribution < -0.4 is 10.1 Å². The summed E-state index contributed by atoms with van der Waals surface area (Å²) in [5.41, 5.74) is 0. The van der Waals surface area contributed by atoms with Gasteiger partial charge in [0.1, 0.15) is 11.6 Å². The third kappa shape index (κ3) is 4.28. The maximum atomic E-state index is 12.9. The van der Waals surface area contributed by atoms with Crippen molar-refractivity contribution in [3.05, 3.63) is 29.0 Å². The van der Waals surface area contributed by atoms with E-state index in [0.29, 0.717) is 5.75 Å². The lowest BCUT2D eigenvalue weighted by atomic mass is 10.1. The second-order valence-electron chi connectivity index (χ2n) is 4.73. The van der Waals surface area contributed by atoms with Gasteiger partial charge < -0.3 is 10.1 Å². The number of amides is 1. The fourth-order valence-corrected chi connectivity index (χ4v) is 3.29. The first-order valence-electron chi connectivity index (χ1n) is 6.56. The van der Waals surface area contributed by atoms with Gasteiger partial charge in [-0.2, -0.15) is 11.8 Å². The number of hydrogen-bond donors (Lipinski definition) is 1. The standard InChI is InChI=1S/C14H17ClFNO2S/c1-9(14(18)17-11-4-6-20-7-5-11)19-13-3-2-10(16)8-12(13)15/h2-3,8-9,11H,4-7H2,1H3,(H,17,18)/t9-/m0/s1. The molecule has 1 amide bonds. The predicted octanol–water partition coefficient (Wildman–Crippen LogP) is 3.26. The van der Waals surface area contributed by atoms with Crippen LogP contribution in [0.2, 0.25) is 5.02 Å². The van der Waals surface area contributed by atoms with Gasteiger partial charge in [-0.05, 0) is 49.5 Å². The summed E-state index contributed by atoms with van der Waals surface area (Å²) in [5.74, 6) is 1.87. The minimum Gasteiger partial charge on any atom is -0.479 e. The zero-order valence-electron chi connectivity index (χ0n) is 11.2. The van der Waals surface area contributed by atoms with Crippen molar-refractivity contribution in [2.75, 3.05) is 11.5 Å². The van der Waals surface area contributed by atoms with Crippen LogP contribution in [0.5, 0.6) is 5.75 Å². The van der Waals surface area contributed by atoms with E-state index in [2.05, 4.69) is 5.32 Å². The monoisotopic (exact) mass is 317 g/mol. The smallest absolute Gasteiger partial charge is 0.260 e. The molecule has 1 aliphatic rings. The molecule has 1 aliphatic heterocycles. The van der Waals surface area contributed by atoms with Crippen LogP contribution in [0.4, 0.5) is 4.39 Å². The van der Waals surface area contributed by atoms with Gasteiger partial charge in [-0.15, -0.1) is 0 Å². The molecule has 0 aliphatic carbocycles. The van der Waals surface area contributed by atoms with Crippen LogP contribution in [0.15, 0.2) is 18.2 Å². The molecule has 0 unspecified atom stereocenters. The SMILES string of the molecule is C[C@H](Oc1ccc(F)cc1Cl)C(=O)NC1CCSCC1. The Balaban J connectivity index is 1.89. The van der Waals surface area contributed by atoms with Crippen LogP contribution in [-0.4, -0.2) is 29.6 Å². The molecule has 1 heterocycles. The molecule has 0 radical (unpaired) electrons. The highest BCUT2D eigenvalue weighted by molar-refractivity contribution is 7.99. The molecule has 1 aromatic carbocycles. The highest BCUT2D eigenvalue weighted by atomic mass is 35.5. The molecule has 1 atom stereocenters. The molecular formula is C14H17ClFNO2S. The molecule has 0 saturated carbocycles. The van der Waals surface area contributed by atoms with Crippen molar-refractivity contribution >= 4 is 29.3 Å². The predicted molar refractivity (Wildman–Crippen MR) is 80.0 cm³/mol. The van der Waals surface area contributed by atoms with E-state index in [1.165, 1.54) is 18.2 Å². The first-order valence-corrected chi connectivity index (χ1v) is 8.09. The summed E-state index contributed by atoms with van der Waals surface area (Å²) in [6, 6.07) is 4.07. The van der Waals surface area contributed by atoms with Crippen molar-refractivity contribution < 1.29 is 13.9 Å². The summed E-state index contributed by atoms with van der Waals surface area (Å²) in [4.78, 5) is 12.0. The van der Waals surface area contributed by atoms with E-state index in [9.17, 15) is 9.18 Å². The molecule has 0 bridgehead atoms. The molecule has 3 nitrogen and oxygen atoms in total. The van der Waals surface area contributed by atoms with Crippen LogP contribution in [0.1, 0.15) is 19.8 Å². The fraction of sp³-hybridized carbons (Fsp3) is 0.500. The fourth-order valence-electron chi connectivity index (χ4n) is 1.98. The zero-order valence-corrected chi connectivity index (χ0v) is 12.8. The Morgan fingerprint density at radius 2 is 2.20 bits per heavy atom. The Bertz CT molecular complexity index is 480. The second kappa shape index (κ2) is 7.18. The van der Waals surface area contributed by atoms with E-state index in [1.807, 2.05) is 11.8 Å². The molecule has 6 heteroatoms. The number of rotatable bonds is 4. The van der Waals surface area contributed by atoms with Crippen molar-refractivity contribution in [3.63, 3.8) is 0 Å². The van der Waals surface area contributed by atoms with Crippen molar-refractivity contribution in [2.45, 2.75) is 31.9 Å². The molecule has 0 spiro atoms. The first kappa shape index (κ1) is 15.4. The van der Waals surface area contributed by atoms with Crippen LogP contribution in [0.3, 0.4) is 0 Å². The van der Waals surface area contributed by atoms with Gasteiger partial charge >= 0.3 is 0 Å². The van der Waals surface area contributed by atoms with Crippen LogP contribution in [0, 0.1) is 5.82 Å². The summed E-state index contributed by atoms with van der Waals surface area (Å²) in [5, 5.41) is 3.14. The van der Waals surface area contributed by atoms with Crippen molar-refractivity contribution in [2.24, 2.45) is 0 Å². The average molecular weight is 318 g/mol. The lowest BCUT2D eigenvalue weighted by Crippen LogP contribution is -2.43. The van der Waals surface area contributed by atoms with Gasteiger partial charge in [0.2, 0.25) is 0 Å². The summed E-state index contributed by atoms with van der Waals surface area (Å²) in [7, 11) is 0. The Morgan fingerprint density at radius 3 is 2.85 bits per heavy atom. The van der Waals surface area contributed by atoms with Crippen molar-refractivity contribution in [1.29, 1.82) is 0 Å². The van der Waals surface area contributed by atoms with E-state index >= 15 is 0 Å². The summed E-state index contributed by atoms with van der Waals surface area (Å²) in [6.07, 6.45) is 1.31. The van der Waals surface area contributed by atoms with Gasteiger partial charge in [-0.1, -0.05) is 11.6 Å². The molecule has 1 saturated heterocycles. The van der Waals surface area contributed by atoms with Crippen LogP contribution in [0.25, 0.3) is 0 Å². The maximum absolute atomic E-state index is 12.9. The van der Waals surface area contributed by atoms with E-state index in [-0.39, 0.29) is 17.0 Å². The Labute approximate surface area is 127 Å². The number of nitrogens with one attached hydrogen (secondary N) is 1. The summed E-state index contributed by atoms with van der Waals surface area (Å²) in [6.45, 7) is 1.66. The Morgan fingerprint density at radius 1 is 1.50 bits per heavy atom. The minimum atomic E-state index is -0.660. The van der Waals surface area contributed by atoms with Gasteiger partial charge in [0, 0.05) is 6.04 Å². The number of carbonyl (C=O) groups is 1. The largest absolute Gasteiger partial charge is 0.479 e. The van der Waals surface area contributed by atoms with Gasteiger partial charge in [0.15, 0.2) is 6.10 Å². The quantitative estimate of drug-likeness (QED) is 0.926. The van der Waals surface area contributed by atoms with Crippen LogP contribution in [-0.2, 0) is 4.79 Å². The molecule has 20 heavy (non-hydrogen) atoms. The van der Waals surface area contributed by atoms with Gasteiger partial charge in [-0.3, -0.25) is 4.79 Å². The Kier molecular flexibility index (Phi) is 5.54. The zero-order chi connectivity index (χ0) is 14.5. The highest BCUT2D eigenvalue weighted by Crippen LogP contribution is 2.26. The number of benzene rings is 1. The molecule has 1 fully saturated rings. The molecule has 1 aromatic rings. The molecule has 1 N–H and O–H groups in total. The second-order valence-corrected chi connectivity index (χ2v) is 6.36. The average Bonchev–Trinajstić information content (AvgIpc) is 2.43. The van der Waals surface area contributed by atoms with Crippen molar-refractivity contribution in [1.82, 2.24) is 5.32 Å². The number of hydrogen-bond acceptors (Lipinski definition) is 3. The molecular weight excluding hydrogens is 301 g/mol. The number of halogens is 2. The summed E-state index contributed by atoms with van der Waals surface area (Å²) >= 11 is 7.78. The van der Waals surface area contributed by atoms with Crippen molar-refractivity contribution in [3.8, 4) is 5.75 Å². The van der Waals surface area contributed by atoms with E-state index in [0.717, 1.165) is 24.3 Å². The minimum absolute atomic E-state index is 0.165. The Hall–Kier alpha value is -0.940. The lowest BCUT2D eigenvalue weighted by molar-refractivity contribution is -0.128. The molecule has 110 valence electrons. The van der Waals surface area contributed by atoms with Crippen LogP contribution >= 0.6 is 23.4 Å². The van der Waals surface area contributed by atoms with Gasteiger partial charge in [-0.25, -0.2) is 4.39 Å². The number of ether oxygens (including phenoxy) is 1. The summed E-state index contributed by atoms with van der Waals surface area (Å²) < 4.78 is 18.4. The topological polar surface area (TPSA) is 38.3 Å². The number of carbonyl (C=O) groups excluding carboxylic acids is 1. The van der Waals surface area contributed by atoms with Gasteiger partial charge in [0.25, 0.3) is 5.91 Å². The third-order valence-corrected chi connectivity index (χ3v) is 4.48. The number of thioether (sulfide) groups is 1. The van der Waals surface area contributed by atoms with E-state index in [4.69, 9.17) is 16.3 Å². The first-order chi connectivity index (χ1) is 9.56. The molecule has 2 rings (SSSR count). The van der Waals surface area contributed by atoms with E-state index in [1.54, 1.807) is 6.92 Å². The lowest BCUT2D eigenvalue weighted by Gasteiger charge is -2.24. The third-order valence-electron chi connectivity index (χ3n) is 3.13. The van der Waals surface area contributed by atoms with Gasteiger partial charge in [0.05, 0.1) is 5.02 Å². The van der Waals surface area contributed by atoms with E-state index < -0.39 is 11.9 Å². The molecule has 0 aromatic heterocycles. The highest BCUT2D eigenvalue weighted by Gasteiger charge is 2.21. The normalized spacial score (nSPS) is 17.6.